The van der Waals surface area contributed by atoms with Crippen LogP contribution in [-0.2, 0) is 6.42 Å². The first-order valence-electron chi connectivity index (χ1n) is 10.2. The molecule has 0 bridgehead atoms. The number of hydrogen-bond acceptors (Lipinski definition) is 7. The summed E-state index contributed by atoms with van der Waals surface area (Å²) in [4.78, 5) is 23.2. The number of aromatic carboxylic acids is 1. The fourth-order valence-electron chi connectivity index (χ4n) is 3.35. The molecule has 4 rings (SSSR count). The Balaban J connectivity index is 1.72. The third kappa shape index (κ3) is 5.19. The Labute approximate surface area is 204 Å². The van der Waals surface area contributed by atoms with E-state index < -0.39 is 5.97 Å². The Morgan fingerprint density at radius 2 is 2.06 bits per heavy atom. The van der Waals surface area contributed by atoms with Crippen LogP contribution in [0, 0.1) is 5.92 Å². The number of nitrogens with zero attached hydrogens (tertiary/aromatic N) is 2. The van der Waals surface area contributed by atoms with Crippen LogP contribution in [0.2, 0.25) is 5.02 Å². The minimum Gasteiger partial charge on any atom is -0.495 e. The van der Waals surface area contributed by atoms with Crippen LogP contribution >= 0.6 is 34.3 Å². The number of ether oxygens (including phenoxy) is 1. The van der Waals surface area contributed by atoms with Crippen LogP contribution in [0.4, 0.5) is 10.9 Å². The van der Waals surface area contributed by atoms with Gasteiger partial charge in [0.15, 0.2) is 5.13 Å². The van der Waals surface area contributed by atoms with E-state index in [1.54, 1.807) is 25.4 Å². The number of pyridine rings is 1. The van der Waals surface area contributed by atoms with Crippen LogP contribution in [0.25, 0.3) is 21.7 Å². The molecule has 0 aliphatic carbocycles. The Morgan fingerprint density at radius 1 is 1.24 bits per heavy atom. The number of benzene rings is 1. The van der Waals surface area contributed by atoms with Crippen molar-refractivity contribution in [1.29, 1.82) is 0 Å². The quantitative estimate of drug-likeness (QED) is 0.266. The predicted octanol–water partition coefficient (Wildman–Crippen LogP) is 7.24. The van der Waals surface area contributed by atoms with Gasteiger partial charge in [-0.1, -0.05) is 37.6 Å². The fraction of sp³-hybridized carbons (Fsp3) is 0.208. The van der Waals surface area contributed by atoms with E-state index in [2.05, 4.69) is 24.1 Å². The van der Waals surface area contributed by atoms with Crippen LogP contribution in [0.15, 0.2) is 48.0 Å². The number of carbonyl (C=O) groups is 1. The van der Waals surface area contributed by atoms with E-state index >= 15 is 0 Å². The van der Waals surface area contributed by atoms with Gasteiger partial charge < -0.3 is 15.2 Å². The molecule has 0 aliphatic rings. The molecule has 0 saturated carbocycles. The van der Waals surface area contributed by atoms with Crippen molar-refractivity contribution in [2.24, 2.45) is 5.92 Å². The lowest BCUT2D eigenvalue weighted by Gasteiger charge is -2.08. The van der Waals surface area contributed by atoms with Gasteiger partial charge in [-0.05, 0) is 42.0 Å². The van der Waals surface area contributed by atoms with Crippen molar-refractivity contribution in [3.63, 3.8) is 0 Å². The molecule has 6 nitrogen and oxygen atoms in total. The summed E-state index contributed by atoms with van der Waals surface area (Å²) in [6.45, 7) is 4.29. The van der Waals surface area contributed by atoms with Gasteiger partial charge in [0.1, 0.15) is 17.1 Å². The number of carboxylic acids is 1. The van der Waals surface area contributed by atoms with Crippen LogP contribution in [0.1, 0.15) is 29.1 Å². The summed E-state index contributed by atoms with van der Waals surface area (Å²) < 4.78 is 5.37. The molecule has 9 heteroatoms. The van der Waals surface area contributed by atoms with Gasteiger partial charge in [0, 0.05) is 27.1 Å². The molecule has 0 amide bonds. The number of anilines is 2. The van der Waals surface area contributed by atoms with Crippen molar-refractivity contribution in [3.05, 3.63) is 63.4 Å². The SMILES string of the molecule is COc1cc(-c2nc(Nc3ncc(-c4cccs4)cc3C(=O)O)sc2CC(C)C)ccc1Cl. The van der Waals surface area contributed by atoms with Crippen LogP contribution in [0.3, 0.4) is 0 Å². The molecule has 3 aromatic heterocycles. The molecule has 0 aliphatic heterocycles. The molecule has 170 valence electrons. The molecule has 1 aromatic carbocycles. The molecule has 33 heavy (non-hydrogen) atoms. The maximum absolute atomic E-state index is 12.0. The van der Waals surface area contributed by atoms with Crippen molar-refractivity contribution in [2.75, 3.05) is 12.4 Å². The fourth-order valence-corrected chi connectivity index (χ4v) is 5.45. The Hall–Kier alpha value is -2.94. The van der Waals surface area contributed by atoms with E-state index in [-0.39, 0.29) is 11.4 Å². The van der Waals surface area contributed by atoms with Gasteiger partial charge in [-0.2, -0.15) is 0 Å². The van der Waals surface area contributed by atoms with E-state index in [1.807, 2.05) is 29.6 Å². The van der Waals surface area contributed by atoms with Crippen molar-refractivity contribution < 1.29 is 14.6 Å². The number of nitrogens with one attached hydrogen (secondary N) is 1. The van der Waals surface area contributed by atoms with Gasteiger partial charge in [-0.25, -0.2) is 14.8 Å². The molecule has 0 radical (unpaired) electrons. The summed E-state index contributed by atoms with van der Waals surface area (Å²) in [7, 11) is 1.58. The lowest BCUT2D eigenvalue weighted by atomic mass is 10.0. The molecule has 3 heterocycles. The number of halogens is 1. The summed E-state index contributed by atoms with van der Waals surface area (Å²) in [6, 6.07) is 11.1. The van der Waals surface area contributed by atoms with Gasteiger partial charge in [-0.3, -0.25) is 0 Å². The average Bonchev–Trinajstić information content (AvgIpc) is 3.44. The number of hydrogen-bond donors (Lipinski definition) is 2. The molecule has 0 fully saturated rings. The number of thiazole rings is 1. The van der Waals surface area contributed by atoms with Crippen molar-refractivity contribution in [3.8, 4) is 27.4 Å². The molecule has 0 saturated heterocycles. The summed E-state index contributed by atoms with van der Waals surface area (Å²) >= 11 is 9.23. The van der Waals surface area contributed by atoms with E-state index in [9.17, 15) is 9.90 Å². The molecule has 2 N–H and O–H groups in total. The van der Waals surface area contributed by atoms with Gasteiger partial charge in [0.25, 0.3) is 0 Å². The van der Waals surface area contributed by atoms with E-state index in [1.165, 1.54) is 22.7 Å². The van der Waals surface area contributed by atoms with E-state index in [4.69, 9.17) is 21.3 Å². The number of methoxy groups -OCH3 is 1. The van der Waals surface area contributed by atoms with Gasteiger partial charge in [0.2, 0.25) is 0 Å². The Kier molecular flexibility index (Phi) is 6.97. The molecule has 0 spiro atoms. The third-order valence-corrected chi connectivity index (χ3v) is 7.09. The normalized spacial score (nSPS) is 11.1. The van der Waals surface area contributed by atoms with Crippen molar-refractivity contribution in [1.82, 2.24) is 9.97 Å². The Bertz CT molecular complexity index is 1290. The lowest BCUT2D eigenvalue weighted by Crippen LogP contribution is -2.05. The minimum atomic E-state index is -1.05. The first-order chi connectivity index (χ1) is 15.9. The van der Waals surface area contributed by atoms with Crippen LogP contribution < -0.4 is 10.1 Å². The highest BCUT2D eigenvalue weighted by Gasteiger charge is 2.19. The lowest BCUT2D eigenvalue weighted by molar-refractivity contribution is 0.0697. The number of aromatic nitrogens is 2. The van der Waals surface area contributed by atoms with Gasteiger partial charge in [0.05, 0.1) is 17.8 Å². The standard InChI is InChI=1S/C24H22ClN3O3S2/c1-13(2)9-20-21(14-6-7-17(25)18(11-14)31-3)27-24(33-20)28-22-16(23(29)30)10-15(12-26-22)19-5-4-8-32-19/h4-8,10-13H,9H2,1-3H3,(H,29,30)(H,26,27,28). The maximum Gasteiger partial charge on any atom is 0.339 e. The summed E-state index contributed by atoms with van der Waals surface area (Å²) in [6.07, 6.45) is 2.50. The highest BCUT2D eigenvalue weighted by Crippen LogP contribution is 2.38. The summed E-state index contributed by atoms with van der Waals surface area (Å²) in [5, 5.41) is 16.0. The van der Waals surface area contributed by atoms with Crippen molar-refractivity contribution in [2.45, 2.75) is 20.3 Å². The second kappa shape index (κ2) is 9.91. The molecule has 4 aromatic rings. The maximum atomic E-state index is 12.0. The summed E-state index contributed by atoms with van der Waals surface area (Å²) in [5.74, 6) is 0.202. The van der Waals surface area contributed by atoms with E-state index in [0.717, 1.165) is 33.0 Å². The number of carboxylic acid groups (broad SMARTS) is 1. The zero-order valence-electron chi connectivity index (χ0n) is 18.3. The van der Waals surface area contributed by atoms with Crippen molar-refractivity contribution >= 4 is 51.2 Å². The zero-order chi connectivity index (χ0) is 23.5. The number of rotatable bonds is 8. The third-order valence-electron chi connectivity index (χ3n) is 4.86. The highest BCUT2D eigenvalue weighted by atomic mass is 35.5. The highest BCUT2D eigenvalue weighted by molar-refractivity contribution is 7.16. The number of thiophene rings is 1. The first-order valence-corrected chi connectivity index (χ1v) is 12.3. The topological polar surface area (TPSA) is 84.3 Å². The monoisotopic (exact) mass is 499 g/mol. The second-order valence-electron chi connectivity index (χ2n) is 7.77. The summed E-state index contributed by atoms with van der Waals surface area (Å²) in [5.41, 5.74) is 2.56. The van der Waals surface area contributed by atoms with E-state index in [0.29, 0.717) is 21.8 Å². The Morgan fingerprint density at radius 3 is 2.73 bits per heavy atom. The molecular weight excluding hydrogens is 478 g/mol. The molecular formula is C24H22ClN3O3S2. The second-order valence-corrected chi connectivity index (χ2v) is 10.2. The van der Waals surface area contributed by atoms with Gasteiger partial charge >= 0.3 is 5.97 Å². The smallest absolute Gasteiger partial charge is 0.339 e. The largest absolute Gasteiger partial charge is 0.495 e. The van der Waals surface area contributed by atoms with Crippen LogP contribution in [-0.4, -0.2) is 28.2 Å². The first kappa shape index (κ1) is 23.2. The molecule has 0 unspecified atom stereocenters. The minimum absolute atomic E-state index is 0.0937. The average molecular weight is 500 g/mol. The van der Waals surface area contributed by atoms with Crippen LogP contribution in [0.5, 0.6) is 5.75 Å². The predicted molar refractivity (Wildman–Crippen MR) is 135 cm³/mol. The molecule has 0 atom stereocenters. The van der Waals surface area contributed by atoms with Gasteiger partial charge in [-0.15, -0.1) is 22.7 Å². The zero-order valence-corrected chi connectivity index (χ0v) is 20.6.